The molecule has 1 aliphatic carbocycles. The Hall–Kier alpha value is -4.70. The number of hydrogen-bond acceptors (Lipinski definition) is 4. The first kappa shape index (κ1) is 23.7. The standard InChI is InChI=1S/C31H26N4O3/c1-31(2)27(28(31)30(36)37)29-34-25-16-23(38-18-22-13-10-20-6-4-5-7-24(20)33-22)14-15-26(25)35(29)17-19-8-11-21(32-3)12-9-19/h4-16,27-28H,17-18H2,1-2H3,(H,36,37)/t27?,28-/m1/s1. The van der Waals surface area contributed by atoms with E-state index in [1.54, 1.807) is 12.1 Å². The van der Waals surface area contributed by atoms with Crippen molar-refractivity contribution in [3.8, 4) is 5.75 Å². The van der Waals surface area contributed by atoms with E-state index in [2.05, 4.69) is 14.4 Å². The molecule has 7 heteroatoms. The van der Waals surface area contributed by atoms with Crippen LogP contribution in [0.1, 0.15) is 36.8 Å². The summed E-state index contributed by atoms with van der Waals surface area (Å²) in [6, 6.07) is 25.3. The Balaban J connectivity index is 1.33. The van der Waals surface area contributed by atoms with Crippen LogP contribution in [0.4, 0.5) is 5.69 Å². The fourth-order valence-corrected chi connectivity index (χ4v) is 5.41. The lowest BCUT2D eigenvalue weighted by molar-refractivity contribution is -0.139. The highest BCUT2D eigenvalue weighted by atomic mass is 16.5. The van der Waals surface area contributed by atoms with Gasteiger partial charge in [0.2, 0.25) is 0 Å². The third kappa shape index (κ3) is 4.14. The second kappa shape index (κ2) is 9.00. The summed E-state index contributed by atoms with van der Waals surface area (Å²) in [5.41, 5.74) is 4.65. The molecule has 0 saturated heterocycles. The molecule has 0 spiro atoms. The van der Waals surface area contributed by atoms with Crippen molar-refractivity contribution in [2.45, 2.75) is 32.9 Å². The first-order valence-electron chi connectivity index (χ1n) is 12.5. The summed E-state index contributed by atoms with van der Waals surface area (Å²) in [5.74, 6) is -0.0415. The molecule has 6 rings (SSSR count). The molecule has 1 unspecified atom stereocenters. The maximum absolute atomic E-state index is 12.0. The zero-order valence-corrected chi connectivity index (χ0v) is 21.1. The summed E-state index contributed by atoms with van der Waals surface area (Å²) in [6.45, 7) is 12.0. The molecule has 0 radical (unpaired) electrons. The number of aliphatic carboxylic acids is 1. The molecule has 2 aromatic heterocycles. The smallest absolute Gasteiger partial charge is 0.307 e. The molecular weight excluding hydrogens is 476 g/mol. The molecule has 3 aromatic carbocycles. The summed E-state index contributed by atoms with van der Waals surface area (Å²) in [4.78, 5) is 25.1. The van der Waals surface area contributed by atoms with E-state index < -0.39 is 11.9 Å². The second-order valence-electron chi connectivity index (χ2n) is 10.4. The summed E-state index contributed by atoms with van der Waals surface area (Å²) >= 11 is 0. The maximum atomic E-state index is 12.0. The van der Waals surface area contributed by atoms with Gasteiger partial charge in [0.1, 0.15) is 18.2 Å². The van der Waals surface area contributed by atoms with Gasteiger partial charge in [0.25, 0.3) is 0 Å². The van der Waals surface area contributed by atoms with Crippen molar-refractivity contribution in [1.29, 1.82) is 0 Å². The van der Waals surface area contributed by atoms with Crippen LogP contribution >= 0.6 is 0 Å². The number of ether oxygens (including phenoxy) is 1. The number of benzene rings is 3. The molecule has 0 bridgehead atoms. The molecule has 7 nitrogen and oxygen atoms in total. The van der Waals surface area contributed by atoms with Gasteiger partial charge in [-0.3, -0.25) is 4.79 Å². The van der Waals surface area contributed by atoms with E-state index in [0.717, 1.165) is 39.0 Å². The average molecular weight is 503 g/mol. The third-order valence-corrected chi connectivity index (χ3v) is 7.57. The molecular formula is C31H26N4O3. The molecule has 1 aliphatic rings. The monoisotopic (exact) mass is 502 g/mol. The minimum atomic E-state index is -0.799. The molecule has 188 valence electrons. The van der Waals surface area contributed by atoms with Gasteiger partial charge in [0, 0.05) is 23.9 Å². The van der Waals surface area contributed by atoms with Gasteiger partial charge in [-0.25, -0.2) is 14.8 Å². The number of fused-ring (bicyclic) bond motifs is 2. The fourth-order valence-electron chi connectivity index (χ4n) is 5.41. The van der Waals surface area contributed by atoms with Crippen LogP contribution in [0.5, 0.6) is 5.75 Å². The highest BCUT2D eigenvalue weighted by Gasteiger charge is 2.64. The molecule has 0 amide bonds. The van der Waals surface area contributed by atoms with Crippen LogP contribution in [0.2, 0.25) is 0 Å². The van der Waals surface area contributed by atoms with E-state index in [1.807, 2.05) is 80.6 Å². The van der Waals surface area contributed by atoms with Crippen molar-refractivity contribution in [2.24, 2.45) is 11.3 Å². The number of rotatable bonds is 7. The van der Waals surface area contributed by atoms with Crippen LogP contribution < -0.4 is 4.74 Å². The Kier molecular flexibility index (Phi) is 5.61. The van der Waals surface area contributed by atoms with E-state index in [-0.39, 0.29) is 11.3 Å². The molecule has 1 fully saturated rings. The number of aromatic nitrogens is 3. The van der Waals surface area contributed by atoms with Gasteiger partial charge in [-0.1, -0.05) is 62.4 Å². The minimum absolute atomic E-state index is 0.193. The van der Waals surface area contributed by atoms with Gasteiger partial charge in [0.15, 0.2) is 5.69 Å². The number of carboxylic acid groups (broad SMARTS) is 1. The quantitative estimate of drug-likeness (QED) is 0.254. The summed E-state index contributed by atoms with van der Waals surface area (Å²) in [7, 11) is 0. The van der Waals surface area contributed by atoms with Crippen LogP contribution in [0.25, 0.3) is 26.8 Å². The molecule has 1 N–H and O–H groups in total. The molecule has 0 aliphatic heterocycles. The number of hydrogen-bond donors (Lipinski definition) is 1. The lowest BCUT2D eigenvalue weighted by Crippen LogP contribution is -2.07. The Morgan fingerprint density at radius 3 is 2.55 bits per heavy atom. The number of nitrogens with zero attached hydrogens (tertiary/aromatic N) is 4. The highest BCUT2D eigenvalue weighted by molar-refractivity contribution is 5.81. The summed E-state index contributed by atoms with van der Waals surface area (Å²) in [5, 5.41) is 10.9. The van der Waals surface area contributed by atoms with Crippen LogP contribution in [0, 0.1) is 17.9 Å². The van der Waals surface area contributed by atoms with Crippen LogP contribution in [0.3, 0.4) is 0 Å². The molecule has 38 heavy (non-hydrogen) atoms. The predicted octanol–water partition coefficient (Wildman–Crippen LogP) is 6.59. The Morgan fingerprint density at radius 1 is 1.03 bits per heavy atom. The maximum Gasteiger partial charge on any atom is 0.307 e. The minimum Gasteiger partial charge on any atom is -0.487 e. The second-order valence-corrected chi connectivity index (χ2v) is 10.4. The Labute approximate surface area is 220 Å². The van der Waals surface area contributed by atoms with Crippen molar-refractivity contribution < 1.29 is 14.6 Å². The number of imidazole rings is 1. The zero-order valence-electron chi connectivity index (χ0n) is 21.1. The van der Waals surface area contributed by atoms with Crippen molar-refractivity contribution in [1.82, 2.24) is 14.5 Å². The van der Waals surface area contributed by atoms with E-state index in [1.165, 1.54) is 0 Å². The number of pyridine rings is 1. The summed E-state index contributed by atoms with van der Waals surface area (Å²) in [6.07, 6.45) is 0. The first-order valence-corrected chi connectivity index (χ1v) is 12.5. The van der Waals surface area contributed by atoms with Crippen molar-refractivity contribution in [3.05, 3.63) is 107 Å². The number of carbonyl (C=O) groups is 1. The van der Waals surface area contributed by atoms with Gasteiger partial charge >= 0.3 is 5.97 Å². The third-order valence-electron chi connectivity index (χ3n) is 7.57. The largest absolute Gasteiger partial charge is 0.487 e. The number of para-hydroxylation sites is 1. The van der Waals surface area contributed by atoms with Gasteiger partial charge in [0.05, 0.1) is 34.7 Å². The lowest BCUT2D eigenvalue weighted by Gasteiger charge is -2.11. The van der Waals surface area contributed by atoms with Crippen LogP contribution in [0.15, 0.2) is 78.9 Å². The highest BCUT2D eigenvalue weighted by Crippen LogP contribution is 2.64. The lowest BCUT2D eigenvalue weighted by atomic mass is 10.1. The predicted molar refractivity (Wildman–Crippen MR) is 145 cm³/mol. The van der Waals surface area contributed by atoms with Crippen LogP contribution in [-0.4, -0.2) is 25.6 Å². The van der Waals surface area contributed by atoms with Gasteiger partial charge < -0.3 is 14.4 Å². The van der Waals surface area contributed by atoms with Crippen LogP contribution in [-0.2, 0) is 17.9 Å². The normalized spacial score (nSPS) is 17.8. The zero-order chi connectivity index (χ0) is 26.4. The van der Waals surface area contributed by atoms with E-state index in [0.29, 0.717) is 24.6 Å². The van der Waals surface area contributed by atoms with Crippen molar-refractivity contribution in [2.75, 3.05) is 0 Å². The SMILES string of the molecule is [C-]#[N+]c1ccc(Cn2c(C3[C@H](C(=O)O)C3(C)C)nc3cc(OCc4ccc5ccccc5n4)ccc32)cc1. The van der Waals surface area contributed by atoms with Gasteiger partial charge in [-0.15, -0.1) is 0 Å². The van der Waals surface area contributed by atoms with E-state index in [4.69, 9.17) is 16.3 Å². The average Bonchev–Trinajstić information content (AvgIpc) is 3.34. The van der Waals surface area contributed by atoms with E-state index in [9.17, 15) is 9.90 Å². The Morgan fingerprint density at radius 2 is 1.82 bits per heavy atom. The van der Waals surface area contributed by atoms with E-state index >= 15 is 0 Å². The van der Waals surface area contributed by atoms with Crippen molar-refractivity contribution in [3.63, 3.8) is 0 Å². The van der Waals surface area contributed by atoms with Crippen molar-refractivity contribution >= 4 is 33.6 Å². The number of carboxylic acids is 1. The fraction of sp³-hybridized carbons (Fsp3) is 0.226. The molecule has 2 heterocycles. The van der Waals surface area contributed by atoms with Gasteiger partial charge in [-0.05, 0) is 35.2 Å². The van der Waals surface area contributed by atoms with Gasteiger partial charge in [-0.2, -0.15) is 0 Å². The molecule has 1 saturated carbocycles. The Bertz CT molecular complexity index is 1730. The summed E-state index contributed by atoms with van der Waals surface area (Å²) < 4.78 is 8.19. The molecule has 2 atom stereocenters. The topological polar surface area (TPSA) is 81.6 Å². The first-order chi connectivity index (χ1) is 18.3. The molecule has 5 aromatic rings.